The zero-order valence-electron chi connectivity index (χ0n) is 14.2. The number of halogens is 2. The Labute approximate surface area is 155 Å². The average molecular weight is 373 g/mol. The van der Waals surface area contributed by atoms with Crippen molar-refractivity contribution < 1.29 is 9.18 Å². The Kier molecular flexibility index (Phi) is 5.63. The Morgan fingerprint density at radius 3 is 2.92 bits per heavy atom. The number of hydrogen-bond acceptors (Lipinski definition) is 3. The summed E-state index contributed by atoms with van der Waals surface area (Å²) in [5.41, 5.74) is 3.44. The molecular weight excluding hydrogens is 355 g/mol. The summed E-state index contributed by atoms with van der Waals surface area (Å²) in [6.07, 6.45) is 6.13. The number of pyridine rings is 1. The van der Waals surface area contributed by atoms with Gasteiger partial charge in [0, 0.05) is 38.0 Å². The normalized spacial score (nSPS) is 10.7. The molecule has 0 bridgehead atoms. The second-order valence-corrected chi connectivity index (χ2v) is 6.35. The van der Waals surface area contributed by atoms with E-state index in [1.807, 2.05) is 25.4 Å². The van der Waals surface area contributed by atoms with E-state index in [1.54, 1.807) is 29.2 Å². The second-order valence-electron chi connectivity index (χ2n) is 5.94. The van der Waals surface area contributed by atoms with Gasteiger partial charge in [0.2, 0.25) is 5.91 Å². The molecule has 0 spiro atoms. The van der Waals surface area contributed by atoms with Crippen LogP contribution < -0.4 is 5.32 Å². The molecule has 1 amide bonds. The maximum Gasteiger partial charge on any atom is 0.220 e. The highest BCUT2D eigenvalue weighted by atomic mass is 35.5. The number of carbonyl (C=O) groups is 1. The summed E-state index contributed by atoms with van der Waals surface area (Å²) in [4.78, 5) is 16.5. The molecule has 1 aromatic carbocycles. The van der Waals surface area contributed by atoms with Gasteiger partial charge in [-0.15, -0.1) is 0 Å². The number of aryl methyl sites for hydroxylation is 2. The van der Waals surface area contributed by atoms with Crippen molar-refractivity contribution in [1.29, 1.82) is 0 Å². The summed E-state index contributed by atoms with van der Waals surface area (Å²) in [7, 11) is 1.84. The van der Waals surface area contributed by atoms with Gasteiger partial charge in [-0.3, -0.25) is 14.5 Å². The number of carbonyl (C=O) groups excluding carboxylic acids is 1. The highest BCUT2D eigenvalue weighted by Crippen LogP contribution is 2.20. The Bertz CT molecular complexity index is 925. The van der Waals surface area contributed by atoms with Gasteiger partial charge >= 0.3 is 0 Å². The first-order valence-electron chi connectivity index (χ1n) is 8.16. The minimum Gasteiger partial charge on any atom is -0.352 e. The fourth-order valence-corrected chi connectivity index (χ4v) is 2.82. The molecule has 5 nitrogen and oxygen atoms in total. The zero-order chi connectivity index (χ0) is 18.5. The summed E-state index contributed by atoms with van der Waals surface area (Å²) in [6.45, 7) is 0.376. The molecule has 0 aliphatic heterocycles. The van der Waals surface area contributed by atoms with Gasteiger partial charge in [0.1, 0.15) is 5.82 Å². The van der Waals surface area contributed by atoms with Crippen LogP contribution in [0.15, 0.2) is 48.9 Å². The van der Waals surface area contributed by atoms with Crippen LogP contribution in [0.25, 0.3) is 11.3 Å². The smallest absolute Gasteiger partial charge is 0.220 e. The number of aromatic nitrogens is 3. The van der Waals surface area contributed by atoms with Crippen LogP contribution in [-0.2, 0) is 24.8 Å². The molecule has 0 saturated heterocycles. The largest absolute Gasteiger partial charge is 0.352 e. The third-order valence-corrected chi connectivity index (χ3v) is 4.26. The summed E-state index contributed by atoms with van der Waals surface area (Å²) < 4.78 is 14.9. The molecular formula is C19H18ClFN4O. The van der Waals surface area contributed by atoms with Gasteiger partial charge < -0.3 is 5.32 Å². The second kappa shape index (κ2) is 8.10. The fraction of sp³-hybridized carbons (Fsp3) is 0.211. The lowest BCUT2D eigenvalue weighted by molar-refractivity contribution is -0.121. The first-order chi connectivity index (χ1) is 12.5. The molecule has 0 fully saturated rings. The molecule has 3 aromatic rings. The summed E-state index contributed by atoms with van der Waals surface area (Å²) in [5, 5.41) is 7.13. The van der Waals surface area contributed by atoms with E-state index in [0.29, 0.717) is 19.4 Å². The van der Waals surface area contributed by atoms with E-state index >= 15 is 0 Å². The third-order valence-electron chi connectivity index (χ3n) is 3.97. The van der Waals surface area contributed by atoms with Crippen molar-refractivity contribution in [2.75, 3.05) is 0 Å². The number of amides is 1. The van der Waals surface area contributed by atoms with Gasteiger partial charge in [-0.1, -0.05) is 23.7 Å². The molecule has 0 radical (unpaired) electrons. The van der Waals surface area contributed by atoms with E-state index in [2.05, 4.69) is 15.4 Å². The van der Waals surface area contributed by atoms with Gasteiger partial charge in [-0.2, -0.15) is 5.10 Å². The maximum absolute atomic E-state index is 13.2. The lowest BCUT2D eigenvalue weighted by Crippen LogP contribution is -2.23. The van der Waals surface area contributed by atoms with Gasteiger partial charge in [0.05, 0.1) is 16.9 Å². The van der Waals surface area contributed by atoms with Crippen LogP contribution in [0, 0.1) is 5.82 Å². The Balaban J connectivity index is 1.59. The molecule has 134 valence electrons. The van der Waals surface area contributed by atoms with Crippen molar-refractivity contribution in [3.63, 3.8) is 0 Å². The number of benzene rings is 1. The van der Waals surface area contributed by atoms with Crippen molar-refractivity contribution >= 4 is 17.5 Å². The van der Waals surface area contributed by atoms with Crippen LogP contribution in [0.2, 0.25) is 5.02 Å². The molecule has 0 aliphatic carbocycles. The first kappa shape index (κ1) is 18.1. The molecule has 2 aromatic heterocycles. The summed E-state index contributed by atoms with van der Waals surface area (Å²) in [6, 6.07) is 8.25. The van der Waals surface area contributed by atoms with Crippen molar-refractivity contribution in [1.82, 2.24) is 20.1 Å². The standard InChI is InChI=1S/C19H18ClFN4O/c1-25-12-15(11-24-25)19-14(3-2-8-22-19)10-23-18(26)7-5-13-4-6-17(21)16(20)9-13/h2-4,6,8-9,11-12H,5,7,10H2,1H3,(H,23,26). The minimum atomic E-state index is -0.459. The Morgan fingerprint density at radius 1 is 1.35 bits per heavy atom. The first-order valence-corrected chi connectivity index (χ1v) is 8.54. The molecule has 1 N–H and O–H groups in total. The van der Waals surface area contributed by atoms with E-state index in [0.717, 1.165) is 22.4 Å². The predicted molar refractivity (Wildman–Crippen MR) is 98.0 cm³/mol. The lowest BCUT2D eigenvalue weighted by atomic mass is 10.1. The number of rotatable bonds is 6. The highest BCUT2D eigenvalue weighted by Gasteiger charge is 2.10. The summed E-state index contributed by atoms with van der Waals surface area (Å²) >= 11 is 5.76. The van der Waals surface area contributed by atoms with Gasteiger partial charge in [-0.05, 0) is 35.7 Å². The predicted octanol–water partition coefficient (Wildman–Crippen LogP) is 3.52. The SMILES string of the molecule is Cn1cc(-c2ncccc2CNC(=O)CCc2ccc(F)c(Cl)c2)cn1. The van der Waals surface area contributed by atoms with Crippen LogP contribution in [0.4, 0.5) is 4.39 Å². The van der Waals surface area contributed by atoms with E-state index in [9.17, 15) is 9.18 Å². The highest BCUT2D eigenvalue weighted by molar-refractivity contribution is 6.30. The van der Waals surface area contributed by atoms with E-state index in [4.69, 9.17) is 11.6 Å². The van der Waals surface area contributed by atoms with Crippen molar-refractivity contribution in [3.8, 4) is 11.3 Å². The number of hydrogen-bond donors (Lipinski definition) is 1. The quantitative estimate of drug-likeness (QED) is 0.720. The maximum atomic E-state index is 13.2. The molecule has 0 saturated carbocycles. The number of nitrogens with zero attached hydrogens (tertiary/aromatic N) is 3. The van der Waals surface area contributed by atoms with Crippen LogP contribution in [0.3, 0.4) is 0 Å². The Morgan fingerprint density at radius 2 is 2.19 bits per heavy atom. The van der Waals surface area contributed by atoms with Gasteiger partial charge in [-0.25, -0.2) is 4.39 Å². The van der Waals surface area contributed by atoms with Crippen molar-refractivity contribution in [2.45, 2.75) is 19.4 Å². The molecule has 0 atom stereocenters. The minimum absolute atomic E-state index is 0.0689. The monoisotopic (exact) mass is 372 g/mol. The molecule has 3 rings (SSSR count). The van der Waals surface area contributed by atoms with Crippen molar-refractivity contribution in [2.24, 2.45) is 7.05 Å². The zero-order valence-corrected chi connectivity index (χ0v) is 15.0. The van der Waals surface area contributed by atoms with E-state index < -0.39 is 5.82 Å². The summed E-state index contributed by atoms with van der Waals surface area (Å²) in [5.74, 6) is -0.550. The molecule has 0 unspecified atom stereocenters. The molecule has 7 heteroatoms. The number of nitrogens with one attached hydrogen (secondary N) is 1. The van der Waals surface area contributed by atoms with Crippen LogP contribution in [0.1, 0.15) is 17.5 Å². The fourth-order valence-electron chi connectivity index (χ4n) is 2.62. The topological polar surface area (TPSA) is 59.8 Å². The molecule has 2 heterocycles. The average Bonchev–Trinajstić information content (AvgIpc) is 3.07. The van der Waals surface area contributed by atoms with E-state index in [1.165, 1.54) is 6.07 Å². The van der Waals surface area contributed by atoms with Crippen LogP contribution in [0.5, 0.6) is 0 Å². The third kappa shape index (κ3) is 4.46. The molecule has 26 heavy (non-hydrogen) atoms. The molecule has 0 aliphatic rings. The van der Waals surface area contributed by atoms with Gasteiger partial charge in [0.25, 0.3) is 0 Å². The Hall–Kier alpha value is -2.73. The van der Waals surface area contributed by atoms with Crippen molar-refractivity contribution in [3.05, 3.63) is 70.9 Å². The van der Waals surface area contributed by atoms with E-state index in [-0.39, 0.29) is 10.9 Å². The van der Waals surface area contributed by atoms with Crippen LogP contribution >= 0.6 is 11.6 Å². The lowest BCUT2D eigenvalue weighted by Gasteiger charge is -2.09. The van der Waals surface area contributed by atoms with Gasteiger partial charge in [0.15, 0.2) is 0 Å². The van der Waals surface area contributed by atoms with Crippen LogP contribution in [-0.4, -0.2) is 20.7 Å².